The highest BCUT2D eigenvalue weighted by atomic mass is 16.5. The molecular formula is C14H24NO+. The average molecular weight is 222 g/mol. The van der Waals surface area contributed by atoms with E-state index in [4.69, 9.17) is 4.74 Å². The lowest BCUT2D eigenvalue weighted by Gasteiger charge is -2.03. The molecule has 1 aromatic heterocycles. The fraction of sp³-hybridized carbons (Fsp3) is 0.643. The fourth-order valence-electron chi connectivity index (χ4n) is 1.79. The van der Waals surface area contributed by atoms with E-state index >= 15 is 0 Å². The molecule has 0 atom stereocenters. The second-order valence-corrected chi connectivity index (χ2v) is 4.27. The maximum absolute atomic E-state index is 5.61. The summed E-state index contributed by atoms with van der Waals surface area (Å²) in [4.78, 5) is 0. The van der Waals surface area contributed by atoms with Crippen molar-refractivity contribution >= 4 is 0 Å². The lowest BCUT2D eigenvalue weighted by molar-refractivity contribution is -0.733. The zero-order valence-electron chi connectivity index (χ0n) is 10.8. The molecular weight excluding hydrogens is 198 g/mol. The third kappa shape index (κ3) is 4.31. The van der Waals surface area contributed by atoms with Crippen LogP contribution in [-0.4, -0.2) is 6.61 Å². The van der Waals surface area contributed by atoms with Crippen molar-refractivity contribution in [2.24, 2.45) is 0 Å². The topological polar surface area (TPSA) is 13.1 Å². The number of ether oxygens (including phenoxy) is 1. The van der Waals surface area contributed by atoms with Crippen LogP contribution in [0.5, 0.6) is 0 Å². The van der Waals surface area contributed by atoms with Gasteiger partial charge in [-0.2, -0.15) is 4.57 Å². The molecule has 0 fully saturated rings. The number of rotatable bonds is 7. The number of pyridine rings is 1. The number of unbranched alkanes of at least 4 members (excludes halogenated alkanes) is 2. The Kier molecular flexibility index (Phi) is 6.09. The number of hydrogen-bond acceptors (Lipinski definition) is 1. The number of nitrogens with zero attached hydrogens (tertiary/aromatic N) is 1. The largest absolute Gasteiger partial charge is 0.323 e. The van der Waals surface area contributed by atoms with Crippen molar-refractivity contribution in [1.82, 2.24) is 0 Å². The summed E-state index contributed by atoms with van der Waals surface area (Å²) in [5, 5.41) is 0. The normalized spacial score (nSPS) is 10.7. The second kappa shape index (κ2) is 7.39. The van der Waals surface area contributed by atoms with E-state index in [-0.39, 0.29) is 0 Å². The van der Waals surface area contributed by atoms with Crippen LogP contribution in [0.2, 0.25) is 0 Å². The highest BCUT2D eigenvalue weighted by Gasteiger charge is 2.04. The van der Waals surface area contributed by atoms with Gasteiger partial charge < -0.3 is 4.74 Å². The lowest BCUT2D eigenvalue weighted by atomic mass is 10.1. The maximum Gasteiger partial charge on any atom is 0.252 e. The first-order valence-corrected chi connectivity index (χ1v) is 6.34. The van der Waals surface area contributed by atoms with Gasteiger partial charge in [-0.15, -0.1) is 0 Å². The zero-order chi connectivity index (χ0) is 11.8. The monoisotopic (exact) mass is 222 g/mol. The SMILES string of the molecule is CCCCCOC[n+]1ccc(CC)c(C)c1. The first kappa shape index (κ1) is 13.2. The molecule has 0 saturated carbocycles. The Morgan fingerprint density at radius 1 is 1.25 bits per heavy atom. The summed E-state index contributed by atoms with van der Waals surface area (Å²) in [6.07, 6.45) is 9.05. The van der Waals surface area contributed by atoms with E-state index in [0.29, 0.717) is 6.73 Å². The number of hydrogen-bond donors (Lipinski definition) is 0. The van der Waals surface area contributed by atoms with Gasteiger partial charge in [0.25, 0.3) is 6.73 Å². The molecule has 0 aliphatic heterocycles. The minimum atomic E-state index is 0.675. The van der Waals surface area contributed by atoms with Crippen LogP contribution < -0.4 is 4.57 Å². The molecule has 16 heavy (non-hydrogen) atoms. The molecule has 2 nitrogen and oxygen atoms in total. The van der Waals surface area contributed by atoms with Crippen molar-refractivity contribution < 1.29 is 9.30 Å². The Hall–Kier alpha value is -0.890. The van der Waals surface area contributed by atoms with Gasteiger partial charge in [0.15, 0.2) is 12.4 Å². The van der Waals surface area contributed by atoms with Gasteiger partial charge in [0.05, 0.1) is 6.61 Å². The highest BCUT2D eigenvalue weighted by molar-refractivity contribution is 5.18. The fourth-order valence-corrected chi connectivity index (χ4v) is 1.79. The first-order chi connectivity index (χ1) is 7.77. The molecule has 1 aromatic rings. The average Bonchev–Trinajstić information content (AvgIpc) is 2.29. The molecule has 2 heteroatoms. The predicted octanol–water partition coefficient (Wildman–Crippen LogP) is 3.01. The summed E-state index contributed by atoms with van der Waals surface area (Å²) >= 11 is 0. The Labute approximate surface area is 99.3 Å². The van der Waals surface area contributed by atoms with E-state index < -0.39 is 0 Å². The van der Waals surface area contributed by atoms with E-state index in [1.807, 2.05) is 0 Å². The summed E-state index contributed by atoms with van der Waals surface area (Å²) in [5.74, 6) is 0. The highest BCUT2D eigenvalue weighted by Crippen LogP contribution is 2.04. The molecule has 0 aromatic carbocycles. The van der Waals surface area contributed by atoms with E-state index in [1.165, 1.54) is 30.4 Å². The Balaban J connectivity index is 2.34. The quantitative estimate of drug-likeness (QED) is 0.510. The summed E-state index contributed by atoms with van der Waals surface area (Å²) in [6.45, 7) is 8.10. The van der Waals surface area contributed by atoms with Crippen LogP contribution in [0.4, 0.5) is 0 Å². The van der Waals surface area contributed by atoms with Crippen LogP contribution in [0, 0.1) is 6.92 Å². The molecule has 0 spiro atoms. The molecule has 1 heterocycles. The van der Waals surface area contributed by atoms with Crippen molar-refractivity contribution in [2.75, 3.05) is 6.61 Å². The third-order valence-electron chi connectivity index (χ3n) is 2.85. The lowest BCUT2D eigenvalue weighted by Crippen LogP contribution is -2.35. The van der Waals surface area contributed by atoms with Crippen molar-refractivity contribution in [3.05, 3.63) is 29.6 Å². The molecule has 0 aliphatic carbocycles. The molecule has 0 saturated heterocycles. The van der Waals surface area contributed by atoms with Gasteiger partial charge in [-0.3, -0.25) is 0 Å². The van der Waals surface area contributed by atoms with Crippen LogP contribution in [0.15, 0.2) is 18.5 Å². The Morgan fingerprint density at radius 2 is 2.06 bits per heavy atom. The van der Waals surface area contributed by atoms with Gasteiger partial charge in [0.1, 0.15) is 0 Å². The molecule has 90 valence electrons. The summed E-state index contributed by atoms with van der Waals surface area (Å²) in [7, 11) is 0. The zero-order valence-corrected chi connectivity index (χ0v) is 10.8. The predicted molar refractivity (Wildman–Crippen MR) is 66.2 cm³/mol. The summed E-state index contributed by atoms with van der Waals surface area (Å²) in [6, 6.07) is 2.19. The van der Waals surface area contributed by atoms with Crippen LogP contribution in [0.1, 0.15) is 44.2 Å². The Bertz CT molecular complexity index is 310. The smallest absolute Gasteiger partial charge is 0.252 e. The van der Waals surface area contributed by atoms with Crippen molar-refractivity contribution in [1.29, 1.82) is 0 Å². The van der Waals surface area contributed by atoms with Crippen LogP contribution in [-0.2, 0) is 17.9 Å². The van der Waals surface area contributed by atoms with Crippen LogP contribution in [0.3, 0.4) is 0 Å². The van der Waals surface area contributed by atoms with Gasteiger partial charge in [0.2, 0.25) is 0 Å². The molecule has 0 radical (unpaired) electrons. The number of aryl methyl sites for hydroxylation is 2. The van der Waals surface area contributed by atoms with Gasteiger partial charge in [0, 0.05) is 11.6 Å². The molecule has 0 bridgehead atoms. The summed E-state index contributed by atoms with van der Waals surface area (Å²) in [5.41, 5.74) is 2.77. The van der Waals surface area contributed by atoms with Crippen molar-refractivity contribution in [3.8, 4) is 0 Å². The van der Waals surface area contributed by atoms with Crippen LogP contribution >= 0.6 is 0 Å². The molecule has 0 unspecified atom stereocenters. The van der Waals surface area contributed by atoms with E-state index in [0.717, 1.165) is 13.0 Å². The second-order valence-electron chi connectivity index (χ2n) is 4.27. The maximum atomic E-state index is 5.61. The first-order valence-electron chi connectivity index (χ1n) is 6.34. The van der Waals surface area contributed by atoms with E-state index in [2.05, 4.69) is 43.8 Å². The van der Waals surface area contributed by atoms with Crippen LogP contribution in [0.25, 0.3) is 0 Å². The van der Waals surface area contributed by atoms with Gasteiger partial charge in [-0.25, -0.2) is 0 Å². The number of aromatic nitrogens is 1. The van der Waals surface area contributed by atoms with E-state index in [9.17, 15) is 0 Å². The molecule has 1 rings (SSSR count). The van der Waals surface area contributed by atoms with Gasteiger partial charge >= 0.3 is 0 Å². The third-order valence-corrected chi connectivity index (χ3v) is 2.85. The van der Waals surface area contributed by atoms with Crippen molar-refractivity contribution in [2.45, 2.75) is 53.2 Å². The van der Waals surface area contributed by atoms with Gasteiger partial charge in [-0.1, -0.05) is 26.7 Å². The molecule has 0 aliphatic rings. The minimum Gasteiger partial charge on any atom is -0.323 e. The Morgan fingerprint density at radius 3 is 2.69 bits per heavy atom. The standard InChI is InChI=1S/C14H24NO/c1-4-6-7-10-16-12-15-9-8-14(5-2)13(3)11-15/h8-9,11H,4-7,10,12H2,1-3H3/q+1. The van der Waals surface area contributed by atoms with Gasteiger partial charge in [-0.05, 0) is 25.3 Å². The van der Waals surface area contributed by atoms with E-state index in [1.54, 1.807) is 0 Å². The minimum absolute atomic E-state index is 0.675. The summed E-state index contributed by atoms with van der Waals surface area (Å²) < 4.78 is 7.72. The molecule has 0 N–H and O–H groups in total. The van der Waals surface area contributed by atoms with Crippen molar-refractivity contribution in [3.63, 3.8) is 0 Å². The molecule has 0 amide bonds.